The molecule has 2 rings (SSSR count). The van der Waals surface area contributed by atoms with Gasteiger partial charge in [-0.05, 0) is 43.5 Å². The van der Waals surface area contributed by atoms with Crippen molar-refractivity contribution in [2.24, 2.45) is 4.99 Å². The van der Waals surface area contributed by atoms with E-state index in [4.69, 9.17) is 9.47 Å². The molecule has 0 unspecified atom stereocenters. The molecule has 0 saturated heterocycles. The lowest BCUT2D eigenvalue weighted by atomic mass is 10.1. The summed E-state index contributed by atoms with van der Waals surface area (Å²) in [5.41, 5.74) is 2.39. The van der Waals surface area contributed by atoms with Gasteiger partial charge in [-0.15, -0.1) is 0 Å². The van der Waals surface area contributed by atoms with E-state index in [9.17, 15) is 0 Å². The maximum atomic E-state index is 5.63. The first-order valence-electron chi connectivity index (χ1n) is 9.12. The molecule has 0 heterocycles. The maximum absolute atomic E-state index is 5.63. The van der Waals surface area contributed by atoms with Crippen LogP contribution in [0.25, 0.3) is 0 Å². The van der Waals surface area contributed by atoms with Crippen molar-refractivity contribution in [3.8, 4) is 11.5 Å². The highest BCUT2D eigenvalue weighted by atomic mass is 16.5. The van der Waals surface area contributed by atoms with Crippen LogP contribution in [0.15, 0.2) is 53.5 Å². The van der Waals surface area contributed by atoms with Crippen LogP contribution in [0.3, 0.4) is 0 Å². The second-order valence-electron chi connectivity index (χ2n) is 5.78. The second-order valence-corrected chi connectivity index (χ2v) is 5.78. The van der Waals surface area contributed by atoms with Crippen LogP contribution in [0.2, 0.25) is 0 Å². The molecule has 0 aliphatic rings. The van der Waals surface area contributed by atoms with E-state index in [-0.39, 0.29) is 0 Å². The van der Waals surface area contributed by atoms with E-state index in [1.54, 1.807) is 7.11 Å². The minimum atomic E-state index is 0.574. The molecule has 0 saturated carbocycles. The first-order valence-corrected chi connectivity index (χ1v) is 9.12. The summed E-state index contributed by atoms with van der Waals surface area (Å²) in [6, 6.07) is 16.4. The molecule has 140 valence electrons. The van der Waals surface area contributed by atoms with Gasteiger partial charge in [0.25, 0.3) is 0 Å². The van der Waals surface area contributed by atoms with Crippen LogP contribution in [0.5, 0.6) is 11.5 Å². The minimum absolute atomic E-state index is 0.574. The average molecular weight is 355 g/mol. The van der Waals surface area contributed by atoms with Crippen molar-refractivity contribution in [3.05, 3.63) is 59.7 Å². The molecule has 0 aliphatic heterocycles. The molecule has 5 nitrogen and oxygen atoms in total. The first-order chi connectivity index (χ1) is 12.8. The van der Waals surface area contributed by atoms with Gasteiger partial charge < -0.3 is 20.1 Å². The quantitative estimate of drug-likeness (QED) is 0.535. The molecule has 5 heteroatoms. The van der Waals surface area contributed by atoms with E-state index < -0.39 is 0 Å². The van der Waals surface area contributed by atoms with E-state index in [1.165, 1.54) is 5.56 Å². The highest BCUT2D eigenvalue weighted by Gasteiger charge is 2.05. The maximum Gasteiger partial charge on any atom is 0.191 e. The Morgan fingerprint density at radius 3 is 2.46 bits per heavy atom. The normalized spacial score (nSPS) is 11.1. The zero-order valence-electron chi connectivity index (χ0n) is 15.9. The number of aliphatic imine (C=N–C) groups is 1. The fourth-order valence-electron chi connectivity index (χ4n) is 2.57. The zero-order chi connectivity index (χ0) is 18.6. The van der Waals surface area contributed by atoms with E-state index in [0.29, 0.717) is 13.2 Å². The van der Waals surface area contributed by atoms with Crippen LogP contribution in [0.1, 0.15) is 25.0 Å². The van der Waals surface area contributed by atoms with Crippen molar-refractivity contribution in [1.82, 2.24) is 10.6 Å². The number of nitrogens with zero attached hydrogens (tertiary/aromatic N) is 1. The molecule has 0 atom stereocenters. The zero-order valence-corrected chi connectivity index (χ0v) is 15.9. The van der Waals surface area contributed by atoms with E-state index >= 15 is 0 Å². The van der Waals surface area contributed by atoms with Crippen molar-refractivity contribution in [2.75, 3.05) is 26.8 Å². The number of methoxy groups -OCH3 is 1. The second kappa shape index (κ2) is 11.0. The van der Waals surface area contributed by atoms with Gasteiger partial charge in [0.05, 0.1) is 20.3 Å². The Kier molecular flexibility index (Phi) is 8.33. The molecule has 2 aromatic rings. The van der Waals surface area contributed by atoms with E-state index in [2.05, 4.69) is 46.8 Å². The van der Waals surface area contributed by atoms with Crippen LogP contribution in [-0.4, -0.2) is 32.8 Å². The number of ether oxygens (including phenoxy) is 2. The van der Waals surface area contributed by atoms with E-state index in [1.807, 2.05) is 31.2 Å². The Bertz CT molecular complexity index is 687. The molecule has 0 aliphatic carbocycles. The summed E-state index contributed by atoms with van der Waals surface area (Å²) in [5.74, 6) is 2.31. The average Bonchev–Trinajstić information content (AvgIpc) is 2.67. The first kappa shape index (κ1) is 19.6. The van der Waals surface area contributed by atoms with Crippen LogP contribution in [-0.2, 0) is 13.0 Å². The summed E-state index contributed by atoms with van der Waals surface area (Å²) < 4.78 is 11.0. The molecule has 0 bridgehead atoms. The Morgan fingerprint density at radius 2 is 1.77 bits per heavy atom. The molecular formula is C21H29N3O2. The van der Waals surface area contributed by atoms with Crippen molar-refractivity contribution in [3.63, 3.8) is 0 Å². The predicted octanol–water partition coefficient (Wildman–Crippen LogP) is 3.39. The minimum Gasteiger partial charge on any atom is -0.493 e. The van der Waals surface area contributed by atoms with Gasteiger partial charge in [-0.25, -0.2) is 4.99 Å². The predicted molar refractivity (Wildman–Crippen MR) is 107 cm³/mol. The number of rotatable bonds is 9. The van der Waals surface area contributed by atoms with E-state index in [0.717, 1.165) is 42.5 Å². The molecule has 0 aromatic heterocycles. The highest BCUT2D eigenvalue weighted by Crippen LogP contribution is 2.28. The molecule has 2 aromatic carbocycles. The number of nitrogens with one attached hydrogen (secondary N) is 2. The van der Waals surface area contributed by atoms with Gasteiger partial charge in [-0.2, -0.15) is 0 Å². The lowest BCUT2D eigenvalue weighted by Crippen LogP contribution is -2.38. The number of guanidine groups is 1. The number of hydrogen-bond donors (Lipinski definition) is 2. The van der Waals surface area contributed by atoms with Gasteiger partial charge in [0.1, 0.15) is 0 Å². The van der Waals surface area contributed by atoms with Gasteiger partial charge in [0.15, 0.2) is 17.5 Å². The van der Waals surface area contributed by atoms with Gasteiger partial charge >= 0.3 is 0 Å². The molecule has 26 heavy (non-hydrogen) atoms. The Morgan fingerprint density at radius 1 is 0.962 bits per heavy atom. The van der Waals surface area contributed by atoms with Gasteiger partial charge in [0, 0.05) is 13.1 Å². The topological polar surface area (TPSA) is 54.9 Å². The number of hydrogen-bond acceptors (Lipinski definition) is 3. The lowest BCUT2D eigenvalue weighted by molar-refractivity contribution is 0.310. The largest absolute Gasteiger partial charge is 0.493 e. The summed E-state index contributed by atoms with van der Waals surface area (Å²) in [4.78, 5) is 4.67. The molecule has 2 N–H and O–H groups in total. The Balaban J connectivity index is 1.96. The van der Waals surface area contributed by atoms with Crippen LogP contribution >= 0.6 is 0 Å². The molecule has 0 fully saturated rings. The van der Waals surface area contributed by atoms with Crippen molar-refractivity contribution in [1.29, 1.82) is 0 Å². The summed E-state index contributed by atoms with van der Waals surface area (Å²) in [7, 11) is 1.65. The SMILES string of the molecule is CCNC(=NCc1ccc(OC)c(OCC)c1)NCCc1ccccc1. The third kappa shape index (κ3) is 6.31. The molecule has 0 spiro atoms. The Hall–Kier alpha value is -2.69. The van der Waals surface area contributed by atoms with Crippen molar-refractivity contribution in [2.45, 2.75) is 26.8 Å². The summed E-state index contributed by atoms with van der Waals surface area (Å²) in [6.45, 7) is 6.86. The lowest BCUT2D eigenvalue weighted by Gasteiger charge is -2.12. The smallest absolute Gasteiger partial charge is 0.191 e. The monoisotopic (exact) mass is 355 g/mol. The molecule has 0 radical (unpaired) electrons. The summed E-state index contributed by atoms with van der Waals surface area (Å²) in [5, 5.41) is 6.67. The van der Waals surface area contributed by atoms with Crippen LogP contribution < -0.4 is 20.1 Å². The third-order valence-corrected chi connectivity index (χ3v) is 3.84. The molecular weight excluding hydrogens is 326 g/mol. The van der Waals surface area contributed by atoms with Crippen molar-refractivity contribution < 1.29 is 9.47 Å². The standard InChI is InChI=1S/C21H29N3O2/c1-4-22-21(23-14-13-17-9-7-6-8-10-17)24-16-18-11-12-19(25-3)20(15-18)26-5-2/h6-12,15H,4-5,13-14,16H2,1-3H3,(H2,22,23,24). The molecule has 0 amide bonds. The number of benzene rings is 2. The van der Waals surface area contributed by atoms with Gasteiger partial charge in [-0.3, -0.25) is 0 Å². The fraction of sp³-hybridized carbons (Fsp3) is 0.381. The highest BCUT2D eigenvalue weighted by molar-refractivity contribution is 5.79. The summed E-state index contributed by atoms with van der Waals surface area (Å²) in [6.07, 6.45) is 0.961. The third-order valence-electron chi connectivity index (χ3n) is 3.84. The Labute approximate surface area is 156 Å². The van der Waals surface area contributed by atoms with Crippen LogP contribution in [0, 0.1) is 0 Å². The van der Waals surface area contributed by atoms with Gasteiger partial charge in [-0.1, -0.05) is 36.4 Å². The fourth-order valence-corrected chi connectivity index (χ4v) is 2.57. The summed E-state index contributed by atoms with van der Waals surface area (Å²) >= 11 is 0. The van der Waals surface area contributed by atoms with Crippen molar-refractivity contribution >= 4 is 5.96 Å². The van der Waals surface area contributed by atoms with Crippen LogP contribution in [0.4, 0.5) is 0 Å². The van der Waals surface area contributed by atoms with Gasteiger partial charge in [0.2, 0.25) is 0 Å².